The SMILES string of the molecule is CCCOC1CCCN(C(=O)C(C)C(=O)O)C1. The molecule has 0 aromatic rings. The predicted octanol–water partition coefficient (Wildman–Crippen LogP) is 1.12. The van der Waals surface area contributed by atoms with Crippen molar-refractivity contribution in [2.24, 2.45) is 5.92 Å². The van der Waals surface area contributed by atoms with Crippen LogP contribution in [0.3, 0.4) is 0 Å². The zero-order chi connectivity index (χ0) is 12.8. The minimum Gasteiger partial charge on any atom is -0.481 e. The van der Waals surface area contributed by atoms with Crippen molar-refractivity contribution < 1.29 is 19.4 Å². The predicted molar refractivity (Wildman–Crippen MR) is 62.6 cm³/mol. The van der Waals surface area contributed by atoms with Gasteiger partial charge in [0.1, 0.15) is 5.92 Å². The topological polar surface area (TPSA) is 66.8 Å². The van der Waals surface area contributed by atoms with Gasteiger partial charge in [-0.1, -0.05) is 6.92 Å². The number of carboxylic acid groups (broad SMARTS) is 1. The van der Waals surface area contributed by atoms with Crippen LogP contribution in [0.1, 0.15) is 33.1 Å². The van der Waals surface area contributed by atoms with Crippen LogP contribution < -0.4 is 0 Å². The van der Waals surface area contributed by atoms with Crippen LogP contribution in [0, 0.1) is 5.92 Å². The number of hydrogen-bond acceptors (Lipinski definition) is 3. The van der Waals surface area contributed by atoms with Gasteiger partial charge in [-0.2, -0.15) is 0 Å². The Labute approximate surface area is 102 Å². The van der Waals surface area contributed by atoms with Gasteiger partial charge >= 0.3 is 5.97 Å². The molecule has 1 saturated heterocycles. The van der Waals surface area contributed by atoms with E-state index in [1.165, 1.54) is 6.92 Å². The fourth-order valence-corrected chi connectivity index (χ4v) is 1.94. The molecular formula is C12H21NO4. The molecule has 1 aliphatic rings. The standard InChI is InChI=1S/C12H21NO4/c1-3-7-17-10-5-4-6-13(8-10)11(14)9(2)12(15)16/h9-10H,3-8H2,1-2H3,(H,15,16). The molecule has 1 N–H and O–H groups in total. The first-order valence-corrected chi connectivity index (χ1v) is 6.19. The van der Waals surface area contributed by atoms with Crippen molar-refractivity contribution >= 4 is 11.9 Å². The summed E-state index contributed by atoms with van der Waals surface area (Å²) in [6.45, 7) is 5.33. The monoisotopic (exact) mass is 243 g/mol. The third kappa shape index (κ3) is 4.00. The highest BCUT2D eigenvalue weighted by Crippen LogP contribution is 2.16. The molecule has 0 radical (unpaired) electrons. The Morgan fingerprint density at radius 3 is 2.82 bits per heavy atom. The second kappa shape index (κ2) is 6.59. The first-order chi connectivity index (χ1) is 8.06. The Hall–Kier alpha value is -1.10. The van der Waals surface area contributed by atoms with Crippen molar-refractivity contribution in [3.63, 3.8) is 0 Å². The van der Waals surface area contributed by atoms with E-state index in [0.29, 0.717) is 19.7 Å². The van der Waals surface area contributed by atoms with Gasteiger partial charge in [-0.15, -0.1) is 0 Å². The average molecular weight is 243 g/mol. The lowest BCUT2D eigenvalue weighted by molar-refractivity contribution is -0.152. The zero-order valence-electron chi connectivity index (χ0n) is 10.5. The first-order valence-electron chi connectivity index (χ1n) is 6.19. The molecule has 98 valence electrons. The maximum atomic E-state index is 11.8. The van der Waals surface area contributed by atoms with Crippen molar-refractivity contribution in [3.8, 4) is 0 Å². The molecule has 0 saturated carbocycles. The van der Waals surface area contributed by atoms with Crippen LogP contribution in [0.5, 0.6) is 0 Å². The van der Waals surface area contributed by atoms with Crippen molar-refractivity contribution in [2.45, 2.75) is 39.2 Å². The number of amides is 1. The van der Waals surface area contributed by atoms with E-state index in [-0.39, 0.29) is 12.0 Å². The van der Waals surface area contributed by atoms with E-state index < -0.39 is 11.9 Å². The smallest absolute Gasteiger partial charge is 0.315 e. The van der Waals surface area contributed by atoms with Crippen molar-refractivity contribution in [1.29, 1.82) is 0 Å². The normalized spacial score (nSPS) is 22.2. The lowest BCUT2D eigenvalue weighted by atomic mass is 10.0. The molecule has 1 amide bonds. The van der Waals surface area contributed by atoms with Gasteiger partial charge in [0.25, 0.3) is 0 Å². The molecule has 0 aromatic heterocycles. The Morgan fingerprint density at radius 1 is 1.53 bits per heavy atom. The van der Waals surface area contributed by atoms with Crippen molar-refractivity contribution in [3.05, 3.63) is 0 Å². The van der Waals surface area contributed by atoms with Gasteiger partial charge in [0.05, 0.1) is 6.10 Å². The average Bonchev–Trinajstić information content (AvgIpc) is 2.34. The van der Waals surface area contributed by atoms with E-state index in [2.05, 4.69) is 0 Å². The molecule has 1 aliphatic heterocycles. The highest BCUT2D eigenvalue weighted by molar-refractivity contribution is 5.96. The van der Waals surface area contributed by atoms with E-state index in [1.807, 2.05) is 6.92 Å². The molecule has 5 nitrogen and oxygen atoms in total. The number of carbonyl (C=O) groups excluding carboxylic acids is 1. The maximum absolute atomic E-state index is 11.8. The van der Waals surface area contributed by atoms with E-state index >= 15 is 0 Å². The maximum Gasteiger partial charge on any atom is 0.315 e. The summed E-state index contributed by atoms with van der Waals surface area (Å²) >= 11 is 0. The molecule has 5 heteroatoms. The number of ether oxygens (including phenoxy) is 1. The summed E-state index contributed by atoms with van der Waals surface area (Å²) in [6.07, 6.45) is 2.85. The van der Waals surface area contributed by atoms with Gasteiger partial charge in [-0.05, 0) is 26.2 Å². The number of carbonyl (C=O) groups is 2. The minimum absolute atomic E-state index is 0.0636. The van der Waals surface area contributed by atoms with Gasteiger partial charge in [-0.25, -0.2) is 0 Å². The highest BCUT2D eigenvalue weighted by Gasteiger charge is 2.30. The Kier molecular flexibility index (Phi) is 5.41. The number of hydrogen-bond donors (Lipinski definition) is 1. The molecule has 1 fully saturated rings. The van der Waals surface area contributed by atoms with Gasteiger partial charge in [-0.3, -0.25) is 9.59 Å². The lowest BCUT2D eigenvalue weighted by Crippen LogP contribution is -2.46. The highest BCUT2D eigenvalue weighted by atomic mass is 16.5. The van der Waals surface area contributed by atoms with Crippen molar-refractivity contribution in [2.75, 3.05) is 19.7 Å². The summed E-state index contributed by atoms with van der Waals surface area (Å²) in [5.41, 5.74) is 0. The summed E-state index contributed by atoms with van der Waals surface area (Å²) in [4.78, 5) is 24.2. The van der Waals surface area contributed by atoms with E-state index in [0.717, 1.165) is 19.3 Å². The third-order valence-electron chi connectivity index (χ3n) is 2.99. The minimum atomic E-state index is -1.06. The first kappa shape index (κ1) is 14.0. The number of carboxylic acids is 1. The zero-order valence-corrected chi connectivity index (χ0v) is 10.5. The summed E-state index contributed by atoms with van der Waals surface area (Å²) in [6, 6.07) is 0. The number of aliphatic carboxylic acids is 1. The molecule has 0 bridgehead atoms. The van der Waals surface area contributed by atoms with Crippen LogP contribution >= 0.6 is 0 Å². The van der Waals surface area contributed by atoms with E-state index in [1.54, 1.807) is 4.90 Å². The van der Waals surface area contributed by atoms with Crippen LogP contribution in [-0.2, 0) is 14.3 Å². The summed E-state index contributed by atoms with van der Waals surface area (Å²) < 4.78 is 5.61. The molecule has 2 atom stereocenters. The molecule has 1 heterocycles. The Balaban J connectivity index is 2.48. The molecule has 0 aromatic carbocycles. The van der Waals surface area contributed by atoms with Gasteiger partial charge in [0, 0.05) is 19.7 Å². The number of rotatable bonds is 5. The summed E-state index contributed by atoms with van der Waals surface area (Å²) in [7, 11) is 0. The lowest BCUT2D eigenvalue weighted by Gasteiger charge is -2.33. The molecule has 1 rings (SSSR count). The van der Waals surface area contributed by atoms with Crippen LogP contribution in [0.2, 0.25) is 0 Å². The quantitative estimate of drug-likeness (QED) is 0.735. The van der Waals surface area contributed by atoms with Crippen LogP contribution in [0.4, 0.5) is 0 Å². The summed E-state index contributed by atoms with van der Waals surface area (Å²) in [5.74, 6) is -2.33. The largest absolute Gasteiger partial charge is 0.481 e. The fraction of sp³-hybridized carbons (Fsp3) is 0.833. The molecule has 2 unspecified atom stereocenters. The second-order valence-corrected chi connectivity index (χ2v) is 4.48. The fourth-order valence-electron chi connectivity index (χ4n) is 1.94. The van der Waals surface area contributed by atoms with Crippen LogP contribution in [-0.4, -0.2) is 47.7 Å². The van der Waals surface area contributed by atoms with Gasteiger partial charge in [0.2, 0.25) is 5.91 Å². The Bertz CT molecular complexity index is 280. The summed E-state index contributed by atoms with van der Waals surface area (Å²) in [5, 5.41) is 8.81. The van der Waals surface area contributed by atoms with Gasteiger partial charge in [0.15, 0.2) is 0 Å². The molecule has 17 heavy (non-hydrogen) atoms. The number of likely N-dealkylation sites (tertiary alicyclic amines) is 1. The van der Waals surface area contributed by atoms with E-state index in [4.69, 9.17) is 9.84 Å². The second-order valence-electron chi connectivity index (χ2n) is 4.48. The molecule has 0 aliphatic carbocycles. The van der Waals surface area contributed by atoms with Crippen LogP contribution in [0.15, 0.2) is 0 Å². The van der Waals surface area contributed by atoms with Crippen LogP contribution in [0.25, 0.3) is 0 Å². The molecule has 0 spiro atoms. The molecular weight excluding hydrogens is 222 g/mol. The Morgan fingerprint density at radius 2 is 2.24 bits per heavy atom. The van der Waals surface area contributed by atoms with Crippen molar-refractivity contribution in [1.82, 2.24) is 4.90 Å². The third-order valence-corrected chi connectivity index (χ3v) is 2.99. The van der Waals surface area contributed by atoms with Gasteiger partial charge < -0.3 is 14.7 Å². The number of nitrogens with zero attached hydrogens (tertiary/aromatic N) is 1. The number of piperidine rings is 1. The van der Waals surface area contributed by atoms with E-state index in [9.17, 15) is 9.59 Å².